The van der Waals surface area contributed by atoms with Gasteiger partial charge in [0.25, 0.3) is 0 Å². The van der Waals surface area contributed by atoms with Crippen LogP contribution in [0.15, 0.2) is 70.4 Å². The topological polar surface area (TPSA) is 67.8 Å². The second kappa shape index (κ2) is 7.30. The number of hydrogen-bond acceptors (Lipinski definition) is 5. The molecule has 0 aromatic heterocycles. The lowest BCUT2D eigenvalue weighted by Crippen LogP contribution is -2.43. The van der Waals surface area contributed by atoms with Crippen molar-refractivity contribution in [2.45, 2.75) is 51.2 Å². The van der Waals surface area contributed by atoms with Gasteiger partial charge in [0.1, 0.15) is 11.4 Å². The molecular formula is C27H24N2O3. The maximum atomic E-state index is 13.7. The minimum Gasteiger partial charge on any atom is -0.478 e. The van der Waals surface area contributed by atoms with E-state index < -0.39 is 6.10 Å². The number of ether oxygens (including phenoxy) is 1. The van der Waals surface area contributed by atoms with Crippen molar-refractivity contribution in [3.63, 3.8) is 0 Å². The Morgan fingerprint density at radius 1 is 0.938 bits per heavy atom. The summed E-state index contributed by atoms with van der Waals surface area (Å²) in [5.41, 5.74) is 4.71. The summed E-state index contributed by atoms with van der Waals surface area (Å²) < 4.78 is 6.29. The third kappa shape index (κ3) is 2.95. The Morgan fingerprint density at radius 3 is 2.41 bits per heavy atom. The third-order valence-corrected chi connectivity index (χ3v) is 6.81. The maximum Gasteiger partial charge on any atom is 0.196 e. The van der Waals surface area contributed by atoms with Gasteiger partial charge >= 0.3 is 0 Å². The predicted octanol–water partition coefficient (Wildman–Crippen LogP) is 5.02. The highest BCUT2D eigenvalue weighted by Gasteiger charge is 2.43. The van der Waals surface area contributed by atoms with Crippen LogP contribution in [0.5, 0.6) is 5.75 Å². The van der Waals surface area contributed by atoms with E-state index in [2.05, 4.69) is 5.32 Å². The van der Waals surface area contributed by atoms with Gasteiger partial charge in [-0.15, -0.1) is 0 Å². The van der Waals surface area contributed by atoms with Crippen LogP contribution in [0.2, 0.25) is 0 Å². The van der Waals surface area contributed by atoms with Crippen LogP contribution in [0, 0.1) is 6.92 Å². The number of rotatable bonds is 2. The number of aliphatic imine (C=N–C) groups is 1. The maximum absolute atomic E-state index is 13.7. The molecule has 5 nitrogen and oxygen atoms in total. The molecule has 3 aliphatic carbocycles. The SMILES string of the molecule is Cc1ccc2c(c1)N=C1C3=C(C(=O)c4ccccc4C3=O)C(NC3CCCCC3)=CC1O2. The highest BCUT2D eigenvalue weighted by atomic mass is 16.5. The van der Waals surface area contributed by atoms with E-state index in [-0.39, 0.29) is 11.6 Å². The number of nitrogens with zero attached hydrogens (tertiary/aromatic N) is 1. The van der Waals surface area contributed by atoms with Crippen molar-refractivity contribution in [3.05, 3.63) is 82.1 Å². The van der Waals surface area contributed by atoms with Gasteiger partial charge in [0.15, 0.2) is 17.7 Å². The molecule has 2 aromatic rings. The molecule has 5 heteroatoms. The molecule has 0 spiro atoms. The summed E-state index contributed by atoms with van der Waals surface area (Å²) in [7, 11) is 0. The number of ketones is 2. The highest BCUT2D eigenvalue weighted by molar-refractivity contribution is 6.40. The third-order valence-electron chi connectivity index (χ3n) is 6.81. The zero-order valence-corrected chi connectivity index (χ0v) is 18.0. The molecule has 4 aliphatic rings. The smallest absolute Gasteiger partial charge is 0.196 e. The van der Waals surface area contributed by atoms with E-state index in [1.54, 1.807) is 24.3 Å². The fourth-order valence-corrected chi connectivity index (χ4v) is 5.21. The van der Waals surface area contributed by atoms with E-state index >= 15 is 0 Å². The zero-order chi connectivity index (χ0) is 21.8. The predicted molar refractivity (Wildman–Crippen MR) is 123 cm³/mol. The molecule has 1 atom stereocenters. The first kappa shape index (κ1) is 19.2. The van der Waals surface area contributed by atoms with Crippen molar-refractivity contribution >= 4 is 23.0 Å². The first-order chi connectivity index (χ1) is 15.6. The van der Waals surface area contributed by atoms with Gasteiger partial charge in [0.2, 0.25) is 0 Å². The molecule has 160 valence electrons. The molecule has 1 fully saturated rings. The normalized spacial score (nSPS) is 22.1. The summed E-state index contributed by atoms with van der Waals surface area (Å²) in [6, 6.07) is 13.2. The molecule has 0 bridgehead atoms. The Balaban J connectivity index is 1.52. The number of carbonyl (C=O) groups excluding carboxylic acids is 2. The van der Waals surface area contributed by atoms with Gasteiger partial charge in [-0.2, -0.15) is 0 Å². The molecule has 2 aromatic carbocycles. The lowest BCUT2D eigenvalue weighted by Gasteiger charge is -2.35. The quantitative estimate of drug-likeness (QED) is 0.735. The molecule has 0 amide bonds. The van der Waals surface area contributed by atoms with Gasteiger partial charge in [-0.3, -0.25) is 9.59 Å². The van der Waals surface area contributed by atoms with E-state index in [1.165, 1.54) is 19.3 Å². The molecule has 0 radical (unpaired) electrons. The van der Waals surface area contributed by atoms with Crippen molar-refractivity contribution in [1.82, 2.24) is 5.32 Å². The van der Waals surface area contributed by atoms with Crippen LogP contribution in [0.3, 0.4) is 0 Å². The minimum absolute atomic E-state index is 0.124. The van der Waals surface area contributed by atoms with Crippen molar-refractivity contribution in [2.75, 3.05) is 0 Å². The lowest BCUT2D eigenvalue weighted by atomic mass is 9.76. The van der Waals surface area contributed by atoms with Crippen LogP contribution in [-0.4, -0.2) is 29.4 Å². The van der Waals surface area contributed by atoms with Gasteiger partial charge in [0, 0.05) is 22.9 Å². The van der Waals surface area contributed by atoms with Crippen LogP contribution in [0.25, 0.3) is 0 Å². The number of allylic oxidation sites excluding steroid dienone is 1. The lowest BCUT2D eigenvalue weighted by molar-refractivity contribution is 0.0978. The zero-order valence-electron chi connectivity index (χ0n) is 18.0. The van der Waals surface area contributed by atoms with Crippen LogP contribution >= 0.6 is 0 Å². The van der Waals surface area contributed by atoms with Gasteiger partial charge in [-0.1, -0.05) is 49.6 Å². The number of aryl methyl sites for hydroxylation is 1. The van der Waals surface area contributed by atoms with Gasteiger partial charge in [-0.25, -0.2) is 4.99 Å². The van der Waals surface area contributed by atoms with Crippen molar-refractivity contribution < 1.29 is 14.3 Å². The minimum atomic E-state index is -0.503. The summed E-state index contributed by atoms with van der Waals surface area (Å²) >= 11 is 0. The average molecular weight is 425 g/mol. The molecule has 1 N–H and O–H groups in total. The molecule has 32 heavy (non-hydrogen) atoms. The standard InChI is InChI=1S/C27H24N2O3/c1-15-11-12-21-19(13-15)29-25-22(32-21)14-20(28-16-7-3-2-4-8-16)23-24(25)27(31)18-10-6-5-9-17(18)26(23)30/h5-6,9-14,16,22,28H,2-4,7-8H2,1H3. The second-order valence-corrected chi connectivity index (χ2v) is 9.02. The van der Waals surface area contributed by atoms with Crippen molar-refractivity contribution in [3.8, 4) is 5.75 Å². The van der Waals surface area contributed by atoms with E-state index in [9.17, 15) is 9.59 Å². The average Bonchev–Trinajstić information content (AvgIpc) is 2.81. The van der Waals surface area contributed by atoms with Crippen LogP contribution in [0.4, 0.5) is 5.69 Å². The van der Waals surface area contributed by atoms with E-state index in [1.807, 2.05) is 31.2 Å². The number of fused-ring (bicyclic) bond motifs is 4. The fraction of sp³-hybridized carbons (Fsp3) is 0.296. The number of Topliss-reactive ketones (excluding diaryl/α,β-unsaturated/α-hetero) is 2. The summed E-state index contributed by atoms with van der Waals surface area (Å²) in [6.07, 6.45) is 7.15. The Bertz CT molecular complexity index is 1260. The Labute approximate surface area is 186 Å². The largest absolute Gasteiger partial charge is 0.478 e. The van der Waals surface area contributed by atoms with Gasteiger partial charge in [0.05, 0.1) is 16.9 Å². The van der Waals surface area contributed by atoms with E-state index in [0.29, 0.717) is 51.2 Å². The van der Waals surface area contributed by atoms with Crippen molar-refractivity contribution in [1.29, 1.82) is 0 Å². The van der Waals surface area contributed by atoms with Gasteiger partial charge < -0.3 is 10.1 Å². The molecule has 0 saturated heterocycles. The molecule has 1 saturated carbocycles. The van der Waals surface area contributed by atoms with E-state index in [0.717, 1.165) is 18.4 Å². The van der Waals surface area contributed by atoms with Crippen LogP contribution in [-0.2, 0) is 0 Å². The Hall–Kier alpha value is -3.47. The fourth-order valence-electron chi connectivity index (χ4n) is 5.21. The molecule has 6 rings (SSSR count). The van der Waals surface area contributed by atoms with Crippen molar-refractivity contribution in [2.24, 2.45) is 4.99 Å². The van der Waals surface area contributed by atoms with Crippen LogP contribution in [0.1, 0.15) is 58.4 Å². The second-order valence-electron chi connectivity index (χ2n) is 9.02. The molecule has 1 unspecified atom stereocenters. The highest BCUT2D eigenvalue weighted by Crippen LogP contribution is 2.41. The van der Waals surface area contributed by atoms with Gasteiger partial charge in [-0.05, 0) is 43.5 Å². The Kier molecular flexibility index (Phi) is 4.39. The van der Waals surface area contributed by atoms with E-state index in [4.69, 9.17) is 9.73 Å². The summed E-state index contributed by atoms with van der Waals surface area (Å²) in [5.74, 6) is 0.410. The monoisotopic (exact) mass is 424 g/mol. The first-order valence-corrected chi connectivity index (χ1v) is 11.4. The number of benzene rings is 2. The number of carbonyl (C=O) groups is 2. The summed E-state index contributed by atoms with van der Waals surface area (Å²) in [6.45, 7) is 2.00. The molecule has 1 heterocycles. The summed E-state index contributed by atoms with van der Waals surface area (Å²) in [5, 5.41) is 3.60. The molecule has 1 aliphatic heterocycles. The number of hydrogen-bond donors (Lipinski definition) is 1. The number of nitrogens with one attached hydrogen (secondary N) is 1. The summed E-state index contributed by atoms with van der Waals surface area (Å²) in [4.78, 5) is 32.1. The Morgan fingerprint density at radius 2 is 1.66 bits per heavy atom. The van der Waals surface area contributed by atoms with Crippen LogP contribution < -0.4 is 10.1 Å². The molecular weight excluding hydrogens is 400 g/mol. The first-order valence-electron chi connectivity index (χ1n) is 11.4.